The van der Waals surface area contributed by atoms with Crippen molar-refractivity contribution in [3.63, 3.8) is 0 Å². The number of nitriles is 1. The summed E-state index contributed by atoms with van der Waals surface area (Å²) in [6.07, 6.45) is 3.49. The molecule has 0 saturated carbocycles. The van der Waals surface area contributed by atoms with Crippen LogP contribution in [0.1, 0.15) is 0 Å². The summed E-state index contributed by atoms with van der Waals surface area (Å²) in [5, 5.41) is 21.7. The van der Waals surface area contributed by atoms with E-state index in [1.165, 1.54) is 23.9 Å². The quantitative estimate of drug-likeness (QED) is 0.212. The minimum absolute atomic E-state index is 0.0290. The molecule has 0 spiro atoms. The summed E-state index contributed by atoms with van der Waals surface area (Å²) in [6.45, 7) is 0. The molecule has 1 rings (SSSR count). The van der Waals surface area contributed by atoms with E-state index in [9.17, 15) is 10.1 Å². The second kappa shape index (κ2) is 5.72. The molecule has 0 aliphatic carbocycles. The van der Waals surface area contributed by atoms with Gasteiger partial charge in [0.2, 0.25) is 0 Å². The van der Waals surface area contributed by atoms with Crippen LogP contribution in [0.4, 0.5) is 11.4 Å². The zero-order valence-corrected chi connectivity index (χ0v) is 9.19. The first-order valence-electron chi connectivity index (χ1n) is 4.19. The maximum atomic E-state index is 10.5. The van der Waals surface area contributed by atoms with Crippen LogP contribution in [0.5, 0.6) is 0 Å². The highest BCUT2D eigenvalue weighted by atomic mass is 32.2. The SMILES string of the molecule is CSC(=Nc1cccc([N+](=O)[O-])c1)NC#N. The monoisotopic (exact) mass is 236 g/mol. The molecule has 0 fully saturated rings. The van der Waals surface area contributed by atoms with E-state index in [2.05, 4.69) is 10.3 Å². The van der Waals surface area contributed by atoms with Crippen molar-refractivity contribution in [2.24, 2.45) is 4.99 Å². The highest BCUT2D eigenvalue weighted by molar-refractivity contribution is 8.13. The van der Waals surface area contributed by atoms with Gasteiger partial charge in [-0.25, -0.2) is 4.99 Å². The number of hydrogen-bond acceptors (Lipinski definition) is 5. The second-order valence-corrected chi connectivity index (χ2v) is 3.43. The number of nitro groups is 1. The third-order valence-corrected chi connectivity index (χ3v) is 2.21. The first-order valence-corrected chi connectivity index (χ1v) is 5.42. The number of nitro benzene ring substituents is 1. The van der Waals surface area contributed by atoms with Crippen LogP contribution >= 0.6 is 11.8 Å². The summed E-state index contributed by atoms with van der Waals surface area (Å²) in [5.74, 6) is 0. The third kappa shape index (κ3) is 3.25. The van der Waals surface area contributed by atoms with Crippen molar-refractivity contribution in [2.75, 3.05) is 6.26 Å². The second-order valence-electron chi connectivity index (χ2n) is 2.63. The lowest BCUT2D eigenvalue weighted by Gasteiger charge is -1.99. The molecule has 1 aromatic carbocycles. The van der Waals surface area contributed by atoms with Gasteiger partial charge in [0.05, 0.1) is 10.6 Å². The summed E-state index contributed by atoms with van der Waals surface area (Å²) in [4.78, 5) is 14.1. The van der Waals surface area contributed by atoms with Gasteiger partial charge in [-0.05, 0) is 12.3 Å². The minimum atomic E-state index is -0.491. The number of benzene rings is 1. The summed E-state index contributed by atoms with van der Waals surface area (Å²) in [5.41, 5.74) is 0.403. The van der Waals surface area contributed by atoms with E-state index in [1.807, 2.05) is 0 Å². The molecule has 82 valence electrons. The van der Waals surface area contributed by atoms with Crippen LogP contribution in [0.3, 0.4) is 0 Å². The number of nitrogens with one attached hydrogen (secondary N) is 1. The number of non-ortho nitro benzene ring substituents is 1. The maximum absolute atomic E-state index is 10.5. The van der Waals surface area contributed by atoms with Gasteiger partial charge in [0.25, 0.3) is 5.69 Å². The van der Waals surface area contributed by atoms with Crippen LogP contribution in [0.2, 0.25) is 0 Å². The van der Waals surface area contributed by atoms with Crippen LogP contribution < -0.4 is 5.32 Å². The first-order chi connectivity index (χ1) is 7.67. The zero-order valence-electron chi connectivity index (χ0n) is 8.38. The Hall–Kier alpha value is -2.07. The van der Waals surface area contributed by atoms with E-state index in [4.69, 9.17) is 5.26 Å². The molecule has 1 N–H and O–H groups in total. The molecule has 0 unspecified atom stereocenters. The van der Waals surface area contributed by atoms with Crippen LogP contribution in [0, 0.1) is 21.6 Å². The smallest absolute Gasteiger partial charge is 0.271 e. The molecular weight excluding hydrogens is 228 g/mol. The topological polar surface area (TPSA) is 91.3 Å². The Kier molecular flexibility index (Phi) is 4.29. The van der Waals surface area contributed by atoms with Crippen molar-refractivity contribution in [3.8, 4) is 6.19 Å². The Morgan fingerprint density at radius 3 is 3.00 bits per heavy atom. The van der Waals surface area contributed by atoms with E-state index in [-0.39, 0.29) is 5.69 Å². The van der Waals surface area contributed by atoms with Gasteiger partial charge in [0.15, 0.2) is 11.4 Å². The highest BCUT2D eigenvalue weighted by Gasteiger charge is 2.05. The lowest BCUT2D eigenvalue weighted by atomic mass is 10.3. The summed E-state index contributed by atoms with van der Waals surface area (Å²) >= 11 is 1.25. The maximum Gasteiger partial charge on any atom is 0.271 e. The Morgan fingerprint density at radius 2 is 2.44 bits per heavy atom. The van der Waals surface area contributed by atoms with Gasteiger partial charge in [-0.3, -0.25) is 15.4 Å². The van der Waals surface area contributed by atoms with Crippen molar-refractivity contribution in [2.45, 2.75) is 0 Å². The average molecular weight is 236 g/mol. The normalized spacial score (nSPS) is 10.6. The largest absolute Gasteiger partial charge is 0.271 e. The molecule has 0 aromatic heterocycles. The van der Waals surface area contributed by atoms with Crippen molar-refractivity contribution in [1.82, 2.24) is 5.32 Å². The summed E-state index contributed by atoms with van der Waals surface area (Å²) in [7, 11) is 0. The van der Waals surface area contributed by atoms with Crippen molar-refractivity contribution >= 4 is 28.3 Å². The summed E-state index contributed by atoms with van der Waals surface area (Å²) in [6, 6.07) is 5.90. The van der Waals surface area contributed by atoms with Gasteiger partial charge >= 0.3 is 0 Å². The molecule has 16 heavy (non-hydrogen) atoms. The average Bonchev–Trinajstić information content (AvgIpc) is 2.29. The van der Waals surface area contributed by atoms with Gasteiger partial charge in [-0.2, -0.15) is 5.26 Å². The molecule has 0 aliphatic heterocycles. The molecule has 0 saturated heterocycles. The van der Waals surface area contributed by atoms with Crippen molar-refractivity contribution in [1.29, 1.82) is 5.26 Å². The fraction of sp³-hybridized carbons (Fsp3) is 0.111. The number of thioether (sulfide) groups is 1. The number of amidine groups is 1. The predicted molar refractivity (Wildman–Crippen MR) is 62.5 cm³/mol. The van der Waals surface area contributed by atoms with E-state index in [1.54, 1.807) is 24.6 Å². The van der Waals surface area contributed by atoms with Gasteiger partial charge < -0.3 is 0 Å². The minimum Gasteiger partial charge on any atom is -0.271 e. The van der Waals surface area contributed by atoms with Crippen molar-refractivity contribution in [3.05, 3.63) is 34.4 Å². The molecule has 7 heteroatoms. The number of nitrogens with zero attached hydrogens (tertiary/aromatic N) is 3. The Morgan fingerprint density at radius 1 is 1.69 bits per heavy atom. The molecular formula is C9H8N4O2S. The molecule has 1 aromatic rings. The van der Waals surface area contributed by atoms with E-state index in [0.29, 0.717) is 10.9 Å². The van der Waals surface area contributed by atoms with Crippen molar-refractivity contribution < 1.29 is 4.92 Å². The molecule has 0 heterocycles. The predicted octanol–water partition coefficient (Wildman–Crippen LogP) is 2.02. The van der Waals surface area contributed by atoms with Crippen LogP contribution in [0.25, 0.3) is 0 Å². The van der Waals surface area contributed by atoms with Gasteiger partial charge in [0, 0.05) is 12.1 Å². The Bertz CT molecular complexity index is 467. The standard InChI is InChI=1S/C9H8N4O2S/c1-16-9(11-6-10)12-7-3-2-4-8(5-7)13(14)15/h2-5H,1H3,(H,11,12). The molecule has 0 radical (unpaired) electrons. The molecule has 0 amide bonds. The van der Waals surface area contributed by atoms with Gasteiger partial charge in [-0.1, -0.05) is 17.8 Å². The number of rotatable bonds is 2. The highest BCUT2D eigenvalue weighted by Crippen LogP contribution is 2.20. The Balaban J connectivity index is 3.00. The molecule has 0 atom stereocenters. The first kappa shape index (κ1) is 12.0. The zero-order chi connectivity index (χ0) is 12.0. The molecule has 6 nitrogen and oxygen atoms in total. The van der Waals surface area contributed by atoms with Gasteiger partial charge in [0.1, 0.15) is 0 Å². The van der Waals surface area contributed by atoms with Crippen LogP contribution in [0.15, 0.2) is 29.3 Å². The number of hydrogen-bond donors (Lipinski definition) is 1. The lowest BCUT2D eigenvalue weighted by Crippen LogP contribution is -2.12. The lowest BCUT2D eigenvalue weighted by molar-refractivity contribution is -0.384. The van der Waals surface area contributed by atoms with E-state index >= 15 is 0 Å². The van der Waals surface area contributed by atoms with E-state index in [0.717, 1.165) is 0 Å². The fourth-order valence-corrected chi connectivity index (χ4v) is 1.31. The number of aliphatic imine (C=N–C) groups is 1. The van der Waals surface area contributed by atoms with Gasteiger partial charge in [-0.15, -0.1) is 0 Å². The summed E-state index contributed by atoms with van der Waals surface area (Å²) < 4.78 is 0. The fourth-order valence-electron chi connectivity index (χ4n) is 0.966. The Labute approximate surface area is 96.1 Å². The molecule has 0 bridgehead atoms. The van der Waals surface area contributed by atoms with E-state index < -0.39 is 4.92 Å². The third-order valence-electron chi connectivity index (χ3n) is 1.63. The molecule has 0 aliphatic rings. The van der Waals surface area contributed by atoms with Crippen LogP contribution in [-0.4, -0.2) is 16.3 Å². The van der Waals surface area contributed by atoms with Crippen LogP contribution in [-0.2, 0) is 0 Å².